The molecular weight excluding hydrogens is 382 g/mol. The fourth-order valence-electron chi connectivity index (χ4n) is 3.47. The molecule has 0 saturated carbocycles. The molecule has 0 unspecified atom stereocenters. The first-order valence-corrected chi connectivity index (χ1v) is 10.3. The van der Waals surface area contributed by atoms with Crippen LogP contribution in [0.25, 0.3) is 10.2 Å². The fourth-order valence-corrected chi connectivity index (χ4v) is 4.74. The standard InChI is InChI=1S/C19H27N3O5S/c1-5-21-17-15(12-9-19(2,3)27-11-13(12)28-17)16(24)22(18(21)25)10-14(23)20-7-6-8-26-4/h5-11H2,1-4H3,(H,20,23). The van der Waals surface area contributed by atoms with Gasteiger partial charge in [0.15, 0.2) is 0 Å². The summed E-state index contributed by atoms with van der Waals surface area (Å²) in [5.74, 6) is -0.356. The third kappa shape index (κ3) is 3.92. The summed E-state index contributed by atoms with van der Waals surface area (Å²) in [5, 5.41) is 3.28. The molecule has 154 valence electrons. The number of ether oxygens (including phenoxy) is 2. The van der Waals surface area contributed by atoms with Crippen molar-refractivity contribution < 1.29 is 14.3 Å². The predicted octanol–water partition coefficient (Wildman–Crippen LogP) is 1.25. The molecule has 9 heteroatoms. The number of thiophene rings is 1. The van der Waals surface area contributed by atoms with Crippen molar-refractivity contribution >= 4 is 27.5 Å². The number of methoxy groups -OCH3 is 1. The zero-order chi connectivity index (χ0) is 20.5. The van der Waals surface area contributed by atoms with Gasteiger partial charge in [-0.1, -0.05) is 0 Å². The molecule has 0 bridgehead atoms. The van der Waals surface area contributed by atoms with E-state index in [4.69, 9.17) is 9.47 Å². The SMILES string of the molecule is CCn1c(=O)n(CC(=O)NCCCOC)c(=O)c2c3c(sc21)COC(C)(C)C3. The van der Waals surface area contributed by atoms with Gasteiger partial charge in [-0.15, -0.1) is 11.3 Å². The Kier molecular flexibility index (Phi) is 6.07. The third-order valence-corrected chi connectivity index (χ3v) is 6.13. The summed E-state index contributed by atoms with van der Waals surface area (Å²) in [4.78, 5) is 40.0. The second-order valence-electron chi connectivity index (χ2n) is 7.52. The minimum absolute atomic E-state index is 0.287. The summed E-state index contributed by atoms with van der Waals surface area (Å²) >= 11 is 1.44. The number of carbonyl (C=O) groups excluding carboxylic acids is 1. The van der Waals surface area contributed by atoms with Crippen LogP contribution in [0.3, 0.4) is 0 Å². The van der Waals surface area contributed by atoms with Gasteiger partial charge in [-0.3, -0.25) is 18.7 Å². The largest absolute Gasteiger partial charge is 0.385 e. The average Bonchev–Trinajstić information content (AvgIpc) is 3.00. The van der Waals surface area contributed by atoms with Crippen LogP contribution in [0, 0.1) is 0 Å². The maximum absolute atomic E-state index is 13.2. The van der Waals surface area contributed by atoms with Gasteiger partial charge in [0.2, 0.25) is 5.91 Å². The molecule has 2 aromatic rings. The Hall–Kier alpha value is -1.97. The number of carbonyl (C=O) groups is 1. The molecule has 3 heterocycles. The van der Waals surface area contributed by atoms with E-state index in [-0.39, 0.29) is 18.1 Å². The van der Waals surface area contributed by atoms with Crippen LogP contribution < -0.4 is 16.6 Å². The molecule has 0 aromatic carbocycles. The van der Waals surface area contributed by atoms with Gasteiger partial charge in [0, 0.05) is 38.1 Å². The van der Waals surface area contributed by atoms with Crippen molar-refractivity contribution in [1.82, 2.24) is 14.5 Å². The maximum Gasteiger partial charge on any atom is 0.332 e. The van der Waals surface area contributed by atoms with Crippen molar-refractivity contribution in [2.75, 3.05) is 20.3 Å². The van der Waals surface area contributed by atoms with Gasteiger partial charge < -0.3 is 14.8 Å². The number of aryl methyl sites for hydroxylation is 1. The van der Waals surface area contributed by atoms with Gasteiger partial charge in [0.1, 0.15) is 11.4 Å². The quantitative estimate of drug-likeness (QED) is 0.695. The highest BCUT2D eigenvalue weighted by atomic mass is 32.1. The monoisotopic (exact) mass is 409 g/mol. The number of hydrogen-bond acceptors (Lipinski definition) is 6. The summed E-state index contributed by atoms with van der Waals surface area (Å²) in [7, 11) is 1.59. The Morgan fingerprint density at radius 2 is 2.07 bits per heavy atom. The van der Waals surface area contributed by atoms with Gasteiger partial charge >= 0.3 is 5.69 Å². The summed E-state index contributed by atoms with van der Waals surface area (Å²) < 4.78 is 13.4. The molecule has 28 heavy (non-hydrogen) atoms. The third-order valence-electron chi connectivity index (χ3n) is 4.90. The smallest absolute Gasteiger partial charge is 0.332 e. The van der Waals surface area contributed by atoms with Crippen LogP contribution >= 0.6 is 11.3 Å². The van der Waals surface area contributed by atoms with Gasteiger partial charge in [0.25, 0.3) is 5.56 Å². The summed E-state index contributed by atoms with van der Waals surface area (Å²) in [6.45, 7) is 7.37. The van der Waals surface area contributed by atoms with E-state index < -0.39 is 11.2 Å². The molecule has 2 aromatic heterocycles. The average molecular weight is 410 g/mol. The zero-order valence-corrected chi connectivity index (χ0v) is 17.6. The van der Waals surface area contributed by atoms with E-state index in [1.165, 1.54) is 11.3 Å². The van der Waals surface area contributed by atoms with Crippen molar-refractivity contribution in [3.63, 3.8) is 0 Å². The lowest BCUT2D eigenvalue weighted by Crippen LogP contribution is -2.44. The second-order valence-corrected chi connectivity index (χ2v) is 8.61. The van der Waals surface area contributed by atoms with Crippen LogP contribution in [0.2, 0.25) is 0 Å². The molecule has 0 saturated heterocycles. The van der Waals surface area contributed by atoms with Crippen LogP contribution in [-0.2, 0) is 40.4 Å². The molecule has 0 radical (unpaired) electrons. The van der Waals surface area contributed by atoms with E-state index in [1.54, 1.807) is 11.7 Å². The van der Waals surface area contributed by atoms with E-state index in [2.05, 4.69) is 5.32 Å². The molecule has 3 rings (SSSR count). The Morgan fingerprint density at radius 1 is 1.32 bits per heavy atom. The van der Waals surface area contributed by atoms with Crippen LogP contribution in [0.5, 0.6) is 0 Å². The molecule has 1 aliphatic rings. The number of amides is 1. The van der Waals surface area contributed by atoms with Gasteiger partial charge in [-0.05, 0) is 32.8 Å². The van der Waals surface area contributed by atoms with Crippen molar-refractivity contribution in [3.05, 3.63) is 31.3 Å². The Bertz CT molecular complexity index is 1000. The molecule has 0 aliphatic carbocycles. The van der Waals surface area contributed by atoms with Gasteiger partial charge in [0.05, 0.1) is 17.6 Å². The Morgan fingerprint density at radius 3 is 2.75 bits per heavy atom. The lowest BCUT2D eigenvalue weighted by molar-refractivity contribution is -0.121. The number of nitrogens with zero attached hydrogens (tertiary/aromatic N) is 2. The maximum atomic E-state index is 13.2. The molecule has 0 atom stereocenters. The highest BCUT2D eigenvalue weighted by Crippen LogP contribution is 2.37. The van der Waals surface area contributed by atoms with E-state index in [9.17, 15) is 14.4 Å². The predicted molar refractivity (Wildman–Crippen MR) is 108 cm³/mol. The molecule has 8 nitrogen and oxygen atoms in total. The molecule has 1 aliphatic heterocycles. The van der Waals surface area contributed by atoms with Crippen molar-refractivity contribution in [1.29, 1.82) is 0 Å². The lowest BCUT2D eigenvalue weighted by Gasteiger charge is -2.29. The summed E-state index contributed by atoms with van der Waals surface area (Å²) in [6, 6.07) is 0. The lowest BCUT2D eigenvalue weighted by atomic mass is 9.94. The highest BCUT2D eigenvalue weighted by Gasteiger charge is 2.31. The van der Waals surface area contributed by atoms with E-state index in [0.29, 0.717) is 49.4 Å². The number of fused-ring (bicyclic) bond motifs is 3. The topological polar surface area (TPSA) is 91.6 Å². The number of nitrogens with one attached hydrogen (secondary N) is 1. The van der Waals surface area contributed by atoms with Gasteiger partial charge in [-0.2, -0.15) is 0 Å². The molecule has 0 spiro atoms. The molecule has 1 amide bonds. The number of hydrogen-bond donors (Lipinski definition) is 1. The first kappa shape index (κ1) is 20.8. The Balaban J connectivity index is 2.03. The first-order valence-electron chi connectivity index (χ1n) is 9.46. The number of aromatic nitrogens is 2. The molecular formula is C19H27N3O5S. The molecule has 1 N–H and O–H groups in total. The van der Waals surface area contributed by atoms with Crippen molar-refractivity contribution in [3.8, 4) is 0 Å². The highest BCUT2D eigenvalue weighted by molar-refractivity contribution is 7.18. The van der Waals surface area contributed by atoms with E-state index in [1.807, 2.05) is 20.8 Å². The zero-order valence-electron chi connectivity index (χ0n) is 16.8. The van der Waals surface area contributed by atoms with Gasteiger partial charge in [-0.25, -0.2) is 4.79 Å². The van der Waals surface area contributed by atoms with Crippen LogP contribution in [-0.4, -0.2) is 40.9 Å². The van der Waals surface area contributed by atoms with Crippen LogP contribution in [0.1, 0.15) is 37.6 Å². The summed E-state index contributed by atoms with van der Waals surface area (Å²) in [6.07, 6.45) is 1.27. The van der Waals surface area contributed by atoms with Crippen LogP contribution in [0.15, 0.2) is 9.59 Å². The fraction of sp³-hybridized carbons (Fsp3) is 0.632. The van der Waals surface area contributed by atoms with Crippen LogP contribution in [0.4, 0.5) is 0 Å². The minimum atomic E-state index is -0.453. The summed E-state index contributed by atoms with van der Waals surface area (Å²) in [5.41, 5.74) is -0.278. The van der Waals surface area contributed by atoms with E-state index >= 15 is 0 Å². The second kappa shape index (κ2) is 8.18. The van der Waals surface area contributed by atoms with E-state index in [0.717, 1.165) is 15.0 Å². The van der Waals surface area contributed by atoms with Crippen molar-refractivity contribution in [2.24, 2.45) is 0 Å². The number of rotatable bonds is 7. The first-order chi connectivity index (χ1) is 13.3. The van der Waals surface area contributed by atoms with Crippen molar-refractivity contribution in [2.45, 2.75) is 58.9 Å². The normalized spacial score (nSPS) is 15.6. The molecule has 0 fully saturated rings. The Labute approximate surface area is 167 Å². The minimum Gasteiger partial charge on any atom is -0.385 e.